The molecule has 2 aromatic rings. The van der Waals surface area contributed by atoms with E-state index >= 15 is 0 Å². The summed E-state index contributed by atoms with van der Waals surface area (Å²) in [5.41, 5.74) is 0.837. The molecule has 1 fully saturated rings. The summed E-state index contributed by atoms with van der Waals surface area (Å²) in [6, 6.07) is 7.99. The Morgan fingerprint density at radius 1 is 1.37 bits per heavy atom. The summed E-state index contributed by atoms with van der Waals surface area (Å²) in [5.74, 6) is 1.92. The largest absolute Gasteiger partial charge is 0.347 e. The van der Waals surface area contributed by atoms with Crippen LogP contribution >= 0.6 is 11.6 Å². The van der Waals surface area contributed by atoms with Crippen LogP contribution in [0.3, 0.4) is 0 Å². The SMILES string of the molecule is CN=C(NCc1nc(-c2cccc(Cl)c2)no1)N1CCC(N2CC=CC2)C1. The Bertz CT molecular complexity index is 840. The normalized spacial score (nSPS) is 20.6. The van der Waals surface area contributed by atoms with Gasteiger partial charge >= 0.3 is 0 Å². The summed E-state index contributed by atoms with van der Waals surface area (Å²) >= 11 is 6.03. The molecule has 4 rings (SSSR count). The first kappa shape index (κ1) is 18.0. The number of nitrogens with zero attached hydrogens (tertiary/aromatic N) is 5. The average molecular weight is 387 g/mol. The van der Waals surface area contributed by atoms with Crippen molar-refractivity contribution in [3.05, 3.63) is 47.3 Å². The Balaban J connectivity index is 1.34. The number of aliphatic imine (C=N–C) groups is 1. The van der Waals surface area contributed by atoms with Gasteiger partial charge in [0.25, 0.3) is 0 Å². The van der Waals surface area contributed by atoms with Gasteiger partial charge in [0.1, 0.15) is 0 Å². The molecule has 0 saturated carbocycles. The minimum Gasteiger partial charge on any atom is -0.347 e. The van der Waals surface area contributed by atoms with Crippen molar-refractivity contribution in [3.63, 3.8) is 0 Å². The number of hydrogen-bond donors (Lipinski definition) is 1. The van der Waals surface area contributed by atoms with Crippen molar-refractivity contribution in [2.75, 3.05) is 33.2 Å². The second kappa shape index (κ2) is 8.10. The van der Waals surface area contributed by atoms with E-state index in [1.165, 1.54) is 0 Å². The standard InChI is InChI=1S/C19H23ClN6O/c1-21-19(26-10-7-16(13-26)25-8-2-3-9-25)22-12-17-23-18(24-27-17)14-5-4-6-15(20)11-14/h2-6,11,16H,7-10,12-13H2,1H3,(H,21,22). The van der Waals surface area contributed by atoms with Gasteiger partial charge in [-0.2, -0.15) is 4.98 Å². The molecule has 1 unspecified atom stereocenters. The van der Waals surface area contributed by atoms with Gasteiger partial charge in [0, 0.05) is 49.9 Å². The van der Waals surface area contributed by atoms with Gasteiger partial charge in [-0.1, -0.05) is 41.0 Å². The smallest absolute Gasteiger partial charge is 0.246 e. The second-order valence-electron chi connectivity index (χ2n) is 6.74. The number of nitrogens with one attached hydrogen (secondary N) is 1. The highest BCUT2D eigenvalue weighted by Gasteiger charge is 2.29. The van der Waals surface area contributed by atoms with Gasteiger partial charge in [0.15, 0.2) is 5.96 Å². The van der Waals surface area contributed by atoms with Crippen molar-refractivity contribution >= 4 is 17.6 Å². The summed E-state index contributed by atoms with van der Waals surface area (Å²) in [7, 11) is 1.80. The number of halogens is 1. The lowest BCUT2D eigenvalue weighted by atomic mass is 10.2. The van der Waals surface area contributed by atoms with Crippen LogP contribution in [0.15, 0.2) is 45.9 Å². The van der Waals surface area contributed by atoms with Gasteiger partial charge < -0.3 is 14.7 Å². The van der Waals surface area contributed by atoms with E-state index in [4.69, 9.17) is 16.1 Å². The van der Waals surface area contributed by atoms with E-state index in [0.29, 0.717) is 29.3 Å². The zero-order chi connectivity index (χ0) is 18.6. The lowest BCUT2D eigenvalue weighted by molar-refractivity contribution is 0.259. The Hall–Kier alpha value is -2.38. The third-order valence-corrected chi connectivity index (χ3v) is 5.22. The predicted octanol–water partition coefficient (Wildman–Crippen LogP) is 2.41. The van der Waals surface area contributed by atoms with Gasteiger partial charge in [0.2, 0.25) is 11.7 Å². The van der Waals surface area contributed by atoms with Crippen molar-refractivity contribution in [1.29, 1.82) is 0 Å². The van der Waals surface area contributed by atoms with Crippen molar-refractivity contribution in [2.24, 2.45) is 4.99 Å². The molecule has 1 saturated heterocycles. The maximum atomic E-state index is 6.03. The highest BCUT2D eigenvalue weighted by atomic mass is 35.5. The highest BCUT2D eigenvalue weighted by Crippen LogP contribution is 2.20. The predicted molar refractivity (Wildman–Crippen MR) is 106 cm³/mol. The van der Waals surface area contributed by atoms with Crippen molar-refractivity contribution in [3.8, 4) is 11.4 Å². The van der Waals surface area contributed by atoms with Crippen LogP contribution < -0.4 is 5.32 Å². The Morgan fingerprint density at radius 3 is 3.00 bits per heavy atom. The molecule has 1 aromatic heterocycles. The number of hydrogen-bond acceptors (Lipinski definition) is 5. The molecule has 0 spiro atoms. The Kier molecular flexibility index (Phi) is 5.40. The van der Waals surface area contributed by atoms with Crippen LogP contribution in [0.1, 0.15) is 12.3 Å². The molecule has 2 aliphatic rings. The van der Waals surface area contributed by atoms with Crippen LogP contribution in [0, 0.1) is 0 Å². The Labute approximate surface area is 163 Å². The lowest BCUT2D eigenvalue weighted by Gasteiger charge is -2.25. The molecule has 1 aromatic carbocycles. The monoisotopic (exact) mass is 386 g/mol. The molecule has 0 aliphatic carbocycles. The average Bonchev–Trinajstić information content (AvgIpc) is 3.43. The van der Waals surface area contributed by atoms with E-state index in [0.717, 1.165) is 44.1 Å². The fraction of sp³-hybridized carbons (Fsp3) is 0.421. The minimum atomic E-state index is 0.437. The van der Waals surface area contributed by atoms with Crippen molar-refractivity contribution < 1.29 is 4.52 Å². The molecule has 1 atom stereocenters. The highest BCUT2D eigenvalue weighted by molar-refractivity contribution is 6.30. The molecule has 3 heterocycles. The third kappa shape index (κ3) is 4.14. The number of likely N-dealkylation sites (tertiary alicyclic amines) is 1. The van der Waals surface area contributed by atoms with Gasteiger partial charge in [-0.05, 0) is 18.6 Å². The van der Waals surface area contributed by atoms with E-state index in [2.05, 4.69) is 42.4 Å². The fourth-order valence-corrected chi connectivity index (χ4v) is 3.77. The molecule has 0 radical (unpaired) electrons. The molecule has 2 aliphatic heterocycles. The molecule has 7 nitrogen and oxygen atoms in total. The molecule has 0 bridgehead atoms. The molecule has 0 amide bonds. The molecular formula is C19H23ClN6O. The van der Waals surface area contributed by atoms with Gasteiger partial charge in [0.05, 0.1) is 6.54 Å². The summed E-state index contributed by atoms with van der Waals surface area (Å²) < 4.78 is 5.36. The quantitative estimate of drug-likeness (QED) is 0.494. The van der Waals surface area contributed by atoms with E-state index in [9.17, 15) is 0 Å². The summed E-state index contributed by atoms with van der Waals surface area (Å²) in [5, 5.41) is 8.02. The summed E-state index contributed by atoms with van der Waals surface area (Å²) in [6.07, 6.45) is 5.63. The lowest BCUT2D eigenvalue weighted by Crippen LogP contribution is -2.42. The second-order valence-corrected chi connectivity index (χ2v) is 7.17. The first-order chi connectivity index (χ1) is 13.2. The molecule has 8 heteroatoms. The zero-order valence-corrected chi connectivity index (χ0v) is 16.1. The maximum Gasteiger partial charge on any atom is 0.246 e. The van der Waals surface area contributed by atoms with Crippen LogP contribution in [0.4, 0.5) is 0 Å². The van der Waals surface area contributed by atoms with E-state index in [1.54, 1.807) is 7.05 Å². The Morgan fingerprint density at radius 2 is 2.22 bits per heavy atom. The topological polar surface area (TPSA) is 69.8 Å². The van der Waals surface area contributed by atoms with Crippen LogP contribution in [0.25, 0.3) is 11.4 Å². The van der Waals surface area contributed by atoms with Gasteiger partial charge in [-0.25, -0.2) is 0 Å². The number of aromatic nitrogens is 2. The van der Waals surface area contributed by atoms with Crippen LogP contribution in [0.5, 0.6) is 0 Å². The summed E-state index contributed by atoms with van der Waals surface area (Å²) in [6.45, 7) is 4.53. The maximum absolute atomic E-state index is 6.03. The van der Waals surface area contributed by atoms with E-state index in [-0.39, 0.29) is 0 Å². The van der Waals surface area contributed by atoms with Gasteiger partial charge in [-0.3, -0.25) is 9.89 Å². The zero-order valence-electron chi connectivity index (χ0n) is 15.3. The number of benzene rings is 1. The first-order valence-corrected chi connectivity index (χ1v) is 9.54. The third-order valence-electron chi connectivity index (χ3n) is 4.99. The van der Waals surface area contributed by atoms with Crippen LogP contribution in [0.2, 0.25) is 5.02 Å². The van der Waals surface area contributed by atoms with E-state index < -0.39 is 0 Å². The molecule has 1 N–H and O–H groups in total. The molecule has 27 heavy (non-hydrogen) atoms. The number of guanidine groups is 1. The van der Waals surface area contributed by atoms with Crippen LogP contribution in [-0.2, 0) is 6.54 Å². The van der Waals surface area contributed by atoms with Crippen molar-refractivity contribution in [1.82, 2.24) is 25.3 Å². The number of rotatable bonds is 4. The van der Waals surface area contributed by atoms with Crippen LogP contribution in [-0.4, -0.2) is 65.2 Å². The minimum absolute atomic E-state index is 0.437. The van der Waals surface area contributed by atoms with E-state index in [1.807, 2.05) is 24.3 Å². The molecular weight excluding hydrogens is 364 g/mol. The summed E-state index contributed by atoms with van der Waals surface area (Å²) in [4.78, 5) is 13.6. The van der Waals surface area contributed by atoms with Crippen molar-refractivity contribution in [2.45, 2.75) is 19.0 Å². The van der Waals surface area contributed by atoms with Gasteiger partial charge in [-0.15, -0.1) is 0 Å². The fourth-order valence-electron chi connectivity index (χ4n) is 3.58. The molecule has 142 valence electrons. The first-order valence-electron chi connectivity index (χ1n) is 9.16.